The van der Waals surface area contributed by atoms with Gasteiger partial charge in [-0.3, -0.25) is 0 Å². The summed E-state index contributed by atoms with van der Waals surface area (Å²) in [6.45, 7) is 0. The van der Waals surface area contributed by atoms with E-state index in [1.165, 1.54) is 0 Å². The van der Waals surface area contributed by atoms with Crippen molar-refractivity contribution in [2.45, 2.75) is 0 Å². The fourth-order valence-corrected chi connectivity index (χ4v) is 2.63. The Hall–Kier alpha value is -2.20. The molecule has 2 heterocycles. The van der Waals surface area contributed by atoms with Gasteiger partial charge in [0.05, 0.1) is 0 Å². The Balaban J connectivity index is 1.94. The number of rotatable bonds is 1. The second-order valence-corrected chi connectivity index (χ2v) is 5.55. The summed E-state index contributed by atoms with van der Waals surface area (Å²) < 4.78 is 1.05. The molecule has 0 aliphatic heterocycles. The third kappa shape index (κ3) is 1.80. The average molecular weight is 324 g/mol. The van der Waals surface area contributed by atoms with Gasteiger partial charge in [-0.15, -0.1) is 0 Å². The Morgan fingerprint density at radius 3 is 2.55 bits per heavy atom. The molecule has 3 nitrogen and oxygen atoms in total. The highest BCUT2D eigenvalue weighted by Crippen LogP contribution is 2.25. The van der Waals surface area contributed by atoms with Gasteiger partial charge < -0.3 is 4.98 Å². The quantitative estimate of drug-likeness (QED) is 0.558. The van der Waals surface area contributed by atoms with E-state index in [2.05, 4.69) is 43.0 Å². The summed E-state index contributed by atoms with van der Waals surface area (Å²) in [6.07, 6.45) is 1.89. The topological polar surface area (TPSA) is 41.6 Å². The maximum absolute atomic E-state index is 4.63. The minimum atomic E-state index is 0.733. The van der Waals surface area contributed by atoms with Crippen molar-refractivity contribution in [2.75, 3.05) is 0 Å². The van der Waals surface area contributed by atoms with E-state index in [4.69, 9.17) is 0 Å². The summed E-state index contributed by atoms with van der Waals surface area (Å²) in [5.74, 6) is 0.733. The number of aromatic amines is 1. The lowest BCUT2D eigenvalue weighted by molar-refractivity contribution is 1.21. The molecule has 1 N–H and O–H groups in total. The van der Waals surface area contributed by atoms with Gasteiger partial charge in [0.1, 0.15) is 5.65 Å². The second-order valence-electron chi connectivity index (χ2n) is 4.63. The smallest absolute Gasteiger partial charge is 0.161 e. The first-order valence-corrected chi connectivity index (χ1v) is 7.10. The number of H-pyrrole nitrogens is 1. The number of nitrogens with zero attached hydrogens (tertiary/aromatic N) is 2. The Labute approximate surface area is 123 Å². The first-order valence-electron chi connectivity index (χ1n) is 6.31. The van der Waals surface area contributed by atoms with Crippen LogP contribution in [0.15, 0.2) is 59.2 Å². The predicted molar refractivity (Wildman–Crippen MR) is 84.5 cm³/mol. The minimum Gasteiger partial charge on any atom is -0.339 e. The van der Waals surface area contributed by atoms with Gasteiger partial charge in [-0.25, -0.2) is 9.97 Å². The van der Waals surface area contributed by atoms with Gasteiger partial charge in [-0.05, 0) is 18.2 Å². The molecule has 96 valence electrons. The molecule has 20 heavy (non-hydrogen) atoms. The summed E-state index contributed by atoms with van der Waals surface area (Å²) in [6, 6.07) is 16.2. The van der Waals surface area contributed by atoms with E-state index < -0.39 is 0 Å². The molecule has 0 spiro atoms. The summed E-state index contributed by atoms with van der Waals surface area (Å²) in [7, 11) is 0. The van der Waals surface area contributed by atoms with Crippen molar-refractivity contribution >= 4 is 37.9 Å². The molecule has 4 heteroatoms. The van der Waals surface area contributed by atoms with E-state index >= 15 is 0 Å². The van der Waals surface area contributed by atoms with E-state index in [-0.39, 0.29) is 0 Å². The van der Waals surface area contributed by atoms with Gasteiger partial charge in [0.2, 0.25) is 0 Å². The molecule has 0 fully saturated rings. The molecule has 0 amide bonds. The number of hydrogen-bond donors (Lipinski definition) is 1. The molecule has 2 aromatic heterocycles. The van der Waals surface area contributed by atoms with Crippen molar-refractivity contribution in [3.63, 3.8) is 0 Å². The van der Waals surface area contributed by atoms with Crippen molar-refractivity contribution in [1.82, 2.24) is 15.0 Å². The third-order valence-electron chi connectivity index (χ3n) is 3.36. The van der Waals surface area contributed by atoms with Gasteiger partial charge in [0.25, 0.3) is 0 Å². The fourth-order valence-electron chi connectivity index (χ4n) is 2.37. The van der Waals surface area contributed by atoms with Crippen molar-refractivity contribution in [2.24, 2.45) is 0 Å². The highest BCUT2D eigenvalue weighted by molar-refractivity contribution is 9.10. The summed E-state index contributed by atoms with van der Waals surface area (Å²) in [5, 5.41) is 2.21. The molecule has 4 aromatic rings. The Bertz CT molecular complexity index is 910. The average Bonchev–Trinajstić information content (AvgIpc) is 2.85. The molecule has 0 radical (unpaired) electrons. The van der Waals surface area contributed by atoms with Crippen molar-refractivity contribution in [3.8, 4) is 11.4 Å². The van der Waals surface area contributed by atoms with Gasteiger partial charge in [0, 0.05) is 32.5 Å². The van der Waals surface area contributed by atoms with Crippen molar-refractivity contribution in [3.05, 3.63) is 59.2 Å². The highest BCUT2D eigenvalue weighted by Gasteiger charge is 2.07. The molecule has 0 saturated heterocycles. The van der Waals surface area contributed by atoms with Crippen LogP contribution in [0.25, 0.3) is 33.3 Å². The molecule has 0 bridgehead atoms. The van der Waals surface area contributed by atoms with Crippen LogP contribution in [0.2, 0.25) is 0 Å². The van der Waals surface area contributed by atoms with Crippen LogP contribution in [0.4, 0.5) is 0 Å². The third-order valence-corrected chi connectivity index (χ3v) is 3.89. The zero-order valence-electron chi connectivity index (χ0n) is 10.5. The van der Waals surface area contributed by atoms with Crippen LogP contribution >= 0.6 is 15.9 Å². The predicted octanol–water partition coefficient (Wildman–Crippen LogP) is 4.54. The minimum absolute atomic E-state index is 0.733. The van der Waals surface area contributed by atoms with Crippen LogP contribution < -0.4 is 0 Å². The molecule has 4 rings (SSSR count). The van der Waals surface area contributed by atoms with Crippen LogP contribution in [0.1, 0.15) is 0 Å². The van der Waals surface area contributed by atoms with Gasteiger partial charge in [-0.2, -0.15) is 0 Å². The van der Waals surface area contributed by atoms with E-state index in [0.29, 0.717) is 0 Å². The number of fused-ring (bicyclic) bond motifs is 3. The first-order chi connectivity index (χ1) is 9.81. The zero-order valence-corrected chi connectivity index (χ0v) is 12.1. The maximum Gasteiger partial charge on any atom is 0.161 e. The van der Waals surface area contributed by atoms with Crippen molar-refractivity contribution in [1.29, 1.82) is 0 Å². The largest absolute Gasteiger partial charge is 0.339 e. The number of benzene rings is 2. The highest BCUT2D eigenvalue weighted by atomic mass is 79.9. The van der Waals surface area contributed by atoms with Crippen LogP contribution in [0, 0.1) is 0 Å². The Morgan fingerprint density at radius 2 is 1.70 bits per heavy atom. The van der Waals surface area contributed by atoms with Crippen LogP contribution in [0.5, 0.6) is 0 Å². The van der Waals surface area contributed by atoms with Crippen LogP contribution in [-0.2, 0) is 0 Å². The SMILES string of the molecule is Brc1ccc(-c2ncc3c(n2)[nH]c2ccccc23)cc1. The summed E-state index contributed by atoms with van der Waals surface area (Å²) in [4.78, 5) is 12.5. The molecular weight excluding hydrogens is 314 g/mol. The standard InChI is InChI=1S/C16H10BrN3/c17-11-7-5-10(6-8-11)15-18-9-13-12-3-1-2-4-14(12)19-16(13)20-15/h1-9H,(H,18,19,20). The molecule has 2 aromatic carbocycles. The molecule has 0 atom stereocenters. The monoisotopic (exact) mass is 323 g/mol. The number of hydrogen-bond acceptors (Lipinski definition) is 2. The fraction of sp³-hybridized carbons (Fsp3) is 0. The van der Waals surface area contributed by atoms with Crippen LogP contribution in [0.3, 0.4) is 0 Å². The maximum atomic E-state index is 4.63. The number of aromatic nitrogens is 3. The molecule has 0 aliphatic rings. The van der Waals surface area contributed by atoms with E-state index in [0.717, 1.165) is 37.8 Å². The lowest BCUT2D eigenvalue weighted by Gasteiger charge is -2.00. The Morgan fingerprint density at radius 1 is 0.900 bits per heavy atom. The number of halogens is 1. The normalized spacial score (nSPS) is 11.2. The number of para-hydroxylation sites is 1. The molecule has 0 aliphatic carbocycles. The van der Waals surface area contributed by atoms with Crippen molar-refractivity contribution < 1.29 is 0 Å². The lowest BCUT2D eigenvalue weighted by atomic mass is 10.2. The number of nitrogens with one attached hydrogen (secondary N) is 1. The van der Waals surface area contributed by atoms with E-state index in [9.17, 15) is 0 Å². The van der Waals surface area contributed by atoms with Gasteiger partial charge >= 0.3 is 0 Å². The Kier molecular flexibility index (Phi) is 2.57. The van der Waals surface area contributed by atoms with Gasteiger partial charge in [0.15, 0.2) is 5.82 Å². The van der Waals surface area contributed by atoms with E-state index in [1.807, 2.05) is 42.6 Å². The molecule has 0 saturated carbocycles. The zero-order chi connectivity index (χ0) is 13.5. The lowest BCUT2D eigenvalue weighted by Crippen LogP contribution is -1.88. The van der Waals surface area contributed by atoms with Crippen LogP contribution in [-0.4, -0.2) is 15.0 Å². The van der Waals surface area contributed by atoms with Gasteiger partial charge in [-0.1, -0.05) is 46.3 Å². The summed E-state index contributed by atoms with van der Waals surface area (Å²) in [5.41, 5.74) is 2.97. The second kappa shape index (κ2) is 4.42. The summed E-state index contributed by atoms with van der Waals surface area (Å²) >= 11 is 3.43. The molecule has 0 unspecified atom stereocenters. The van der Waals surface area contributed by atoms with E-state index in [1.54, 1.807) is 0 Å². The molecular formula is C16H10BrN3. The first kappa shape index (κ1) is 11.6.